The van der Waals surface area contributed by atoms with Crippen LogP contribution in [0.25, 0.3) is 0 Å². The predicted octanol–water partition coefficient (Wildman–Crippen LogP) is 3.21. The Hall–Kier alpha value is -1.81. The molecule has 2 aromatic rings. The summed E-state index contributed by atoms with van der Waals surface area (Å²) in [5.41, 5.74) is 4.93. The van der Waals surface area contributed by atoms with Gasteiger partial charge in [0.2, 0.25) is 0 Å². The van der Waals surface area contributed by atoms with Crippen LogP contribution in [0.4, 0.5) is 5.69 Å². The van der Waals surface area contributed by atoms with E-state index >= 15 is 0 Å². The van der Waals surface area contributed by atoms with Gasteiger partial charge in [-0.1, -0.05) is 32.0 Å². The molecular weight excluding hydrogens is 491 g/mol. The van der Waals surface area contributed by atoms with E-state index in [0.29, 0.717) is 5.92 Å². The van der Waals surface area contributed by atoms with Crippen molar-refractivity contribution in [2.24, 2.45) is 12.0 Å². The van der Waals surface area contributed by atoms with E-state index in [9.17, 15) is 0 Å². The highest BCUT2D eigenvalue weighted by molar-refractivity contribution is 14.0. The molecule has 30 heavy (non-hydrogen) atoms. The monoisotopic (exact) mass is 526 g/mol. The Balaban J connectivity index is 0.00000320. The van der Waals surface area contributed by atoms with Gasteiger partial charge >= 0.3 is 0 Å². The highest BCUT2D eigenvalue weighted by atomic mass is 127. The molecule has 0 saturated carbocycles. The number of aryl methyl sites for hydroxylation is 1. The number of anilines is 1. The first-order chi connectivity index (χ1) is 14.0. The summed E-state index contributed by atoms with van der Waals surface area (Å²) in [6.45, 7) is 9.31. The Morgan fingerprint density at radius 2 is 1.93 bits per heavy atom. The van der Waals surface area contributed by atoms with Crippen LogP contribution in [-0.2, 0) is 24.9 Å². The molecule has 1 aromatic carbocycles. The van der Waals surface area contributed by atoms with E-state index in [1.807, 2.05) is 18.8 Å². The minimum Gasteiger partial charge on any atom is -0.378 e. The molecule has 8 heteroatoms. The van der Waals surface area contributed by atoms with E-state index < -0.39 is 0 Å². The number of nitrogens with zero attached hydrogens (tertiary/aromatic N) is 5. The molecule has 2 heterocycles. The minimum atomic E-state index is 0. The van der Waals surface area contributed by atoms with Crippen LogP contribution in [0.2, 0.25) is 0 Å². The quantitative estimate of drug-likeness (QED) is 0.356. The molecule has 1 fully saturated rings. The molecule has 7 nitrogen and oxygen atoms in total. The Morgan fingerprint density at radius 1 is 1.23 bits per heavy atom. The number of rotatable bonds is 6. The number of halogens is 1. The molecule has 0 aliphatic carbocycles. The van der Waals surface area contributed by atoms with Gasteiger partial charge < -0.3 is 19.9 Å². The van der Waals surface area contributed by atoms with Gasteiger partial charge in [-0.3, -0.25) is 9.67 Å². The van der Waals surface area contributed by atoms with Gasteiger partial charge in [-0.15, -0.1) is 24.0 Å². The highest BCUT2D eigenvalue weighted by Crippen LogP contribution is 2.22. The summed E-state index contributed by atoms with van der Waals surface area (Å²) in [7, 11) is 5.88. The molecule has 3 rings (SSSR count). The molecule has 1 saturated heterocycles. The summed E-state index contributed by atoms with van der Waals surface area (Å²) >= 11 is 0. The van der Waals surface area contributed by atoms with Gasteiger partial charge in [-0.2, -0.15) is 5.10 Å². The van der Waals surface area contributed by atoms with E-state index in [1.165, 1.54) is 16.8 Å². The third-order valence-corrected chi connectivity index (χ3v) is 5.25. The van der Waals surface area contributed by atoms with E-state index in [0.717, 1.165) is 51.0 Å². The molecule has 1 aliphatic rings. The molecule has 0 amide bonds. The third kappa shape index (κ3) is 6.10. The molecular formula is C22H35IN6O. The van der Waals surface area contributed by atoms with Crippen molar-refractivity contribution in [2.45, 2.75) is 32.9 Å². The smallest absolute Gasteiger partial charge is 0.193 e. The van der Waals surface area contributed by atoms with Crippen LogP contribution in [-0.4, -0.2) is 61.0 Å². The average Bonchev–Trinajstić information content (AvgIpc) is 3.10. The average molecular weight is 526 g/mol. The first-order valence-corrected chi connectivity index (χ1v) is 10.3. The second-order valence-electron chi connectivity index (χ2n) is 7.85. The number of ether oxygens (including phenoxy) is 1. The highest BCUT2D eigenvalue weighted by Gasteiger charge is 2.17. The lowest BCUT2D eigenvalue weighted by atomic mass is 10.1. The van der Waals surface area contributed by atoms with Crippen molar-refractivity contribution in [3.8, 4) is 0 Å². The minimum absolute atomic E-state index is 0. The van der Waals surface area contributed by atoms with Crippen LogP contribution < -0.4 is 10.2 Å². The van der Waals surface area contributed by atoms with Crippen LogP contribution in [0.3, 0.4) is 0 Å². The Labute approximate surface area is 197 Å². The summed E-state index contributed by atoms with van der Waals surface area (Å²) in [6, 6.07) is 8.57. The largest absolute Gasteiger partial charge is 0.378 e. The molecule has 0 spiro atoms. The lowest BCUT2D eigenvalue weighted by Crippen LogP contribution is -2.39. The van der Waals surface area contributed by atoms with Crippen molar-refractivity contribution in [2.75, 3.05) is 45.3 Å². The van der Waals surface area contributed by atoms with E-state index in [4.69, 9.17) is 4.74 Å². The molecule has 0 unspecified atom stereocenters. The number of morpholine rings is 1. The fourth-order valence-corrected chi connectivity index (χ4v) is 3.83. The number of guanidine groups is 1. The molecule has 166 valence electrons. The maximum atomic E-state index is 5.50. The summed E-state index contributed by atoms with van der Waals surface area (Å²) in [5, 5.41) is 8.15. The van der Waals surface area contributed by atoms with Gasteiger partial charge in [-0.25, -0.2) is 0 Å². The zero-order chi connectivity index (χ0) is 20.8. The summed E-state index contributed by atoms with van der Waals surface area (Å²) in [4.78, 5) is 9.05. The lowest BCUT2D eigenvalue weighted by molar-refractivity contribution is 0.122. The van der Waals surface area contributed by atoms with Crippen molar-refractivity contribution in [1.29, 1.82) is 0 Å². The SMILES string of the molecule is CN=C(NCc1ccccc1N1CCOCC1)N(C)Cc1cn(C)nc1C(C)C.I. The molecule has 1 aliphatic heterocycles. The van der Waals surface area contributed by atoms with Gasteiger partial charge in [0.1, 0.15) is 0 Å². The number of aliphatic imine (C=N–C) groups is 1. The van der Waals surface area contributed by atoms with Gasteiger partial charge in [0.25, 0.3) is 0 Å². The van der Waals surface area contributed by atoms with E-state index in [1.54, 1.807) is 0 Å². The summed E-state index contributed by atoms with van der Waals surface area (Å²) in [6.07, 6.45) is 2.10. The fraction of sp³-hybridized carbons (Fsp3) is 0.545. The van der Waals surface area contributed by atoms with Crippen molar-refractivity contribution in [3.05, 3.63) is 47.3 Å². The second-order valence-corrected chi connectivity index (χ2v) is 7.85. The van der Waals surface area contributed by atoms with Crippen molar-refractivity contribution < 1.29 is 4.74 Å². The first kappa shape index (κ1) is 24.5. The Morgan fingerprint density at radius 3 is 2.60 bits per heavy atom. The van der Waals surface area contributed by atoms with Gasteiger partial charge in [0.05, 0.1) is 18.9 Å². The normalized spacial score (nSPS) is 14.6. The Kier molecular flexibility index (Phi) is 9.41. The fourth-order valence-electron chi connectivity index (χ4n) is 3.83. The number of benzene rings is 1. The first-order valence-electron chi connectivity index (χ1n) is 10.3. The van der Waals surface area contributed by atoms with Crippen LogP contribution >= 0.6 is 24.0 Å². The maximum Gasteiger partial charge on any atom is 0.193 e. The number of hydrogen-bond donors (Lipinski definition) is 1. The maximum absolute atomic E-state index is 5.50. The van der Waals surface area contributed by atoms with Gasteiger partial charge in [0, 0.05) is 64.8 Å². The number of nitrogens with one attached hydrogen (secondary N) is 1. The second kappa shape index (κ2) is 11.5. The predicted molar refractivity (Wildman–Crippen MR) is 134 cm³/mol. The van der Waals surface area contributed by atoms with E-state index in [2.05, 4.69) is 76.6 Å². The number of para-hydroxylation sites is 1. The standard InChI is InChI=1S/C22H34N6O.HI/c1-17(2)21-19(16-27(5)25-21)15-26(4)22(23-3)24-14-18-8-6-7-9-20(18)28-10-12-29-13-11-28;/h6-9,16-17H,10-15H2,1-5H3,(H,23,24);1H. The lowest BCUT2D eigenvalue weighted by Gasteiger charge is -2.31. The van der Waals surface area contributed by atoms with E-state index in [-0.39, 0.29) is 24.0 Å². The van der Waals surface area contributed by atoms with Gasteiger partial charge in [0.15, 0.2) is 5.96 Å². The Bertz CT molecular complexity index is 829. The number of aromatic nitrogens is 2. The van der Waals surface area contributed by atoms with Crippen LogP contribution in [0.5, 0.6) is 0 Å². The zero-order valence-electron chi connectivity index (χ0n) is 18.8. The van der Waals surface area contributed by atoms with Crippen molar-refractivity contribution in [3.63, 3.8) is 0 Å². The van der Waals surface area contributed by atoms with Crippen molar-refractivity contribution >= 4 is 35.6 Å². The number of hydrogen-bond acceptors (Lipinski definition) is 4. The van der Waals surface area contributed by atoms with Crippen LogP contribution in [0, 0.1) is 0 Å². The topological polar surface area (TPSA) is 57.9 Å². The molecule has 1 aromatic heterocycles. The van der Waals surface area contributed by atoms with Crippen molar-refractivity contribution in [1.82, 2.24) is 20.0 Å². The molecule has 1 N–H and O–H groups in total. The van der Waals surface area contributed by atoms with Crippen LogP contribution in [0.15, 0.2) is 35.5 Å². The molecule has 0 radical (unpaired) electrons. The van der Waals surface area contributed by atoms with Crippen LogP contribution in [0.1, 0.15) is 36.6 Å². The van der Waals surface area contributed by atoms with Gasteiger partial charge in [-0.05, 0) is 17.5 Å². The molecule has 0 atom stereocenters. The summed E-state index contributed by atoms with van der Waals surface area (Å²) in [5.74, 6) is 1.27. The summed E-state index contributed by atoms with van der Waals surface area (Å²) < 4.78 is 7.40. The molecule has 0 bridgehead atoms. The third-order valence-electron chi connectivity index (χ3n) is 5.25. The zero-order valence-corrected chi connectivity index (χ0v) is 21.1.